The van der Waals surface area contributed by atoms with Crippen LogP contribution in [-0.2, 0) is 0 Å². The molecule has 1 nitrogen and oxygen atoms in total. The van der Waals surface area contributed by atoms with E-state index in [1.807, 2.05) is 13.0 Å². The molecule has 2 aromatic rings. The molecule has 0 saturated heterocycles. The predicted molar refractivity (Wildman–Crippen MR) is 53.4 cm³/mol. The van der Waals surface area contributed by atoms with Crippen molar-refractivity contribution in [3.05, 3.63) is 34.0 Å². The van der Waals surface area contributed by atoms with Crippen LogP contribution >= 0.6 is 15.9 Å². The number of halogens is 1. The Hall–Kier alpha value is -0.760. The third-order valence-corrected chi connectivity index (χ3v) is 2.90. The van der Waals surface area contributed by atoms with Crippen molar-refractivity contribution in [3.8, 4) is 0 Å². The molecule has 0 atom stereocenters. The average molecular weight is 225 g/mol. The molecule has 0 aliphatic carbocycles. The maximum absolute atomic E-state index is 5.36. The van der Waals surface area contributed by atoms with Crippen molar-refractivity contribution in [2.24, 2.45) is 0 Å². The summed E-state index contributed by atoms with van der Waals surface area (Å²) in [5.74, 6) is 0. The minimum absolute atomic E-state index is 0.966. The standard InChI is InChI=1S/C10H9BrO/c1-6-3-10-8(4-9(6)11)7(2)5-12-10/h3-5H,1-2H3. The summed E-state index contributed by atoms with van der Waals surface area (Å²) in [7, 11) is 0. The maximum Gasteiger partial charge on any atom is 0.134 e. The Morgan fingerprint density at radius 3 is 2.67 bits per heavy atom. The van der Waals surface area contributed by atoms with Gasteiger partial charge in [-0.25, -0.2) is 0 Å². The van der Waals surface area contributed by atoms with E-state index >= 15 is 0 Å². The zero-order valence-electron chi connectivity index (χ0n) is 7.02. The summed E-state index contributed by atoms with van der Waals surface area (Å²) in [6.07, 6.45) is 1.79. The summed E-state index contributed by atoms with van der Waals surface area (Å²) in [5.41, 5.74) is 3.36. The van der Waals surface area contributed by atoms with E-state index in [1.54, 1.807) is 6.26 Å². The van der Waals surface area contributed by atoms with Crippen molar-refractivity contribution < 1.29 is 4.42 Å². The van der Waals surface area contributed by atoms with E-state index < -0.39 is 0 Å². The van der Waals surface area contributed by atoms with Gasteiger partial charge in [-0.3, -0.25) is 0 Å². The molecule has 0 N–H and O–H groups in total. The van der Waals surface area contributed by atoms with Gasteiger partial charge in [0.15, 0.2) is 0 Å². The van der Waals surface area contributed by atoms with Gasteiger partial charge < -0.3 is 4.42 Å². The molecule has 1 aromatic carbocycles. The van der Waals surface area contributed by atoms with Crippen LogP contribution in [0, 0.1) is 13.8 Å². The lowest BCUT2D eigenvalue weighted by molar-refractivity contribution is 0.612. The first-order valence-electron chi connectivity index (χ1n) is 3.82. The smallest absolute Gasteiger partial charge is 0.134 e. The van der Waals surface area contributed by atoms with Gasteiger partial charge in [0, 0.05) is 9.86 Å². The molecule has 62 valence electrons. The summed E-state index contributed by atoms with van der Waals surface area (Å²) in [6, 6.07) is 4.15. The average Bonchev–Trinajstić information content (AvgIpc) is 2.35. The lowest BCUT2D eigenvalue weighted by Gasteiger charge is -1.96. The Kier molecular flexibility index (Phi) is 1.72. The van der Waals surface area contributed by atoms with Gasteiger partial charge in [-0.1, -0.05) is 15.9 Å². The van der Waals surface area contributed by atoms with Gasteiger partial charge in [-0.05, 0) is 37.1 Å². The molecule has 2 heteroatoms. The van der Waals surface area contributed by atoms with Gasteiger partial charge in [0.2, 0.25) is 0 Å². The van der Waals surface area contributed by atoms with E-state index in [2.05, 4.69) is 28.9 Å². The lowest BCUT2D eigenvalue weighted by Crippen LogP contribution is -1.75. The van der Waals surface area contributed by atoms with E-state index in [0.29, 0.717) is 0 Å². The molecule has 0 aliphatic heterocycles. The predicted octanol–water partition coefficient (Wildman–Crippen LogP) is 3.81. The van der Waals surface area contributed by atoms with E-state index in [9.17, 15) is 0 Å². The zero-order valence-corrected chi connectivity index (χ0v) is 8.60. The maximum atomic E-state index is 5.36. The molecule has 1 aromatic heterocycles. The normalized spacial score (nSPS) is 10.9. The SMILES string of the molecule is Cc1cc2occ(C)c2cc1Br. The van der Waals surface area contributed by atoms with Crippen LogP contribution in [0.15, 0.2) is 27.3 Å². The molecule has 0 fully saturated rings. The van der Waals surface area contributed by atoms with Gasteiger partial charge >= 0.3 is 0 Å². The second kappa shape index (κ2) is 2.63. The minimum atomic E-state index is 0.966. The quantitative estimate of drug-likeness (QED) is 0.664. The summed E-state index contributed by atoms with van der Waals surface area (Å²) in [5, 5.41) is 1.19. The molecular formula is C10H9BrO. The van der Waals surface area contributed by atoms with E-state index in [1.165, 1.54) is 16.5 Å². The Morgan fingerprint density at radius 1 is 1.17 bits per heavy atom. The monoisotopic (exact) mass is 224 g/mol. The molecule has 0 bridgehead atoms. The Balaban J connectivity index is 2.87. The number of furan rings is 1. The summed E-state index contributed by atoms with van der Waals surface area (Å²) >= 11 is 3.49. The van der Waals surface area contributed by atoms with Gasteiger partial charge in [0.1, 0.15) is 5.58 Å². The number of hydrogen-bond acceptors (Lipinski definition) is 1. The van der Waals surface area contributed by atoms with Crippen LogP contribution in [0.5, 0.6) is 0 Å². The first-order valence-corrected chi connectivity index (χ1v) is 4.62. The Bertz CT molecular complexity index is 429. The molecular weight excluding hydrogens is 216 g/mol. The van der Waals surface area contributed by atoms with Crippen LogP contribution < -0.4 is 0 Å². The van der Waals surface area contributed by atoms with Crippen molar-refractivity contribution in [3.63, 3.8) is 0 Å². The number of hydrogen-bond donors (Lipinski definition) is 0. The van der Waals surface area contributed by atoms with Crippen molar-refractivity contribution >= 4 is 26.9 Å². The van der Waals surface area contributed by atoms with Gasteiger partial charge in [0.25, 0.3) is 0 Å². The van der Waals surface area contributed by atoms with Crippen LogP contribution in [0.25, 0.3) is 11.0 Å². The van der Waals surface area contributed by atoms with E-state index in [-0.39, 0.29) is 0 Å². The Morgan fingerprint density at radius 2 is 1.92 bits per heavy atom. The summed E-state index contributed by atoms with van der Waals surface area (Å²) < 4.78 is 6.50. The molecule has 0 saturated carbocycles. The fourth-order valence-corrected chi connectivity index (χ4v) is 1.62. The van der Waals surface area contributed by atoms with Gasteiger partial charge in [-0.2, -0.15) is 0 Å². The van der Waals surface area contributed by atoms with E-state index in [4.69, 9.17) is 4.42 Å². The molecule has 2 rings (SSSR count). The van der Waals surface area contributed by atoms with Crippen LogP contribution in [0.3, 0.4) is 0 Å². The molecule has 1 heterocycles. The van der Waals surface area contributed by atoms with Crippen molar-refractivity contribution in [2.45, 2.75) is 13.8 Å². The number of aryl methyl sites for hydroxylation is 2. The second-order valence-electron chi connectivity index (χ2n) is 3.02. The van der Waals surface area contributed by atoms with Gasteiger partial charge in [-0.15, -0.1) is 0 Å². The highest BCUT2D eigenvalue weighted by molar-refractivity contribution is 9.10. The van der Waals surface area contributed by atoms with Gasteiger partial charge in [0.05, 0.1) is 6.26 Å². The van der Waals surface area contributed by atoms with Crippen LogP contribution in [0.1, 0.15) is 11.1 Å². The first kappa shape index (κ1) is 7.87. The zero-order chi connectivity index (χ0) is 8.72. The second-order valence-corrected chi connectivity index (χ2v) is 3.87. The lowest BCUT2D eigenvalue weighted by atomic mass is 10.1. The number of rotatable bonds is 0. The highest BCUT2D eigenvalue weighted by Crippen LogP contribution is 2.27. The summed E-state index contributed by atoms with van der Waals surface area (Å²) in [6.45, 7) is 4.11. The van der Waals surface area contributed by atoms with Crippen LogP contribution in [0.4, 0.5) is 0 Å². The third-order valence-electron chi connectivity index (χ3n) is 2.05. The van der Waals surface area contributed by atoms with Crippen molar-refractivity contribution in [1.82, 2.24) is 0 Å². The highest BCUT2D eigenvalue weighted by atomic mass is 79.9. The van der Waals surface area contributed by atoms with Crippen LogP contribution in [0.2, 0.25) is 0 Å². The molecule has 0 spiro atoms. The summed E-state index contributed by atoms with van der Waals surface area (Å²) in [4.78, 5) is 0. The number of benzene rings is 1. The first-order chi connectivity index (χ1) is 5.68. The third kappa shape index (κ3) is 1.07. The molecule has 0 aliphatic rings. The van der Waals surface area contributed by atoms with Crippen molar-refractivity contribution in [2.75, 3.05) is 0 Å². The molecule has 0 unspecified atom stereocenters. The minimum Gasteiger partial charge on any atom is -0.464 e. The Labute approximate surface area is 79.5 Å². The largest absolute Gasteiger partial charge is 0.464 e. The number of fused-ring (bicyclic) bond motifs is 1. The van der Waals surface area contributed by atoms with Crippen LogP contribution in [-0.4, -0.2) is 0 Å². The topological polar surface area (TPSA) is 13.1 Å². The molecule has 0 amide bonds. The van der Waals surface area contributed by atoms with E-state index in [0.717, 1.165) is 10.1 Å². The fraction of sp³-hybridized carbons (Fsp3) is 0.200. The molecule has 0 radical (unpaired) electrons. The fourth-order valence-electron chi connectivity index (χ4n) is 1.28. The van der Waals surface area contributed by atoms with Crippen molar-refractivity contribution in [1.29, 1.82) is 0 Å². The molecule has 12 heavy (non-hydrogen) atoms. The highest BCUT2D eigenvalue weighted by Gasteiger charge is 2.03.